The van der Waals surface area contributed by atoms with E-state index in [1.165, 1.54) is 19.5 Å². The molecule has 8 nitrogen and oxygen atoms in total. The van der Waals surface area contributed by atoms with E-state index in [1.807, 2.05) is 24.3 Å². The predicted octanol–water partition coefficient (Wildman–Crippen LogP) is 4.03. The average Bonchev–Trinajstić information content (AvgIpc) is 2.84. The van der Waals surface area contributed by atoms with Crippen molar-refractivity contribution in [2.24, 2.45) is 5.73 Å². The number of nitrogens with zero attached hydrogens (tertiary/aromatic N) is 2. The highest BCUT2D eigenvalue weighted by molar-refractivity contribution is 7.80. The number of hydrogen-bond acceptors (Lipinski definition) is 7. The second-order valence-corrected chi connectivity index (χ2v) is 8.44. The van der Waals surface area contributed by atoms with Crippen LogP contribution >= 0.6 is 12.2 Å². The van der Waals surface area contributed by atoms with E-state index in [0.717, 1.165) is 0 Å². The molecule has 0 saturated carbocycles. The van der Waals surface area contributed by atoms with E-state index in [1.54, 1.807) is 31.4 Å². The van der Waals surface area contributed by atoms with Gasteiger partial charge in [0.05, 0.1) is 25.4 Å². The summed E-state index contributed by atoms with van der Waals surface area (Å²) in [7, 11) is 3.07. The van der Waals surface area contributed by atoms with Crippen LogP contribution in [0.1, 0.15) is 18.4 Å². The lowest BCUT2D eigenvalue weighted by atomic mass is 9.72. The number of ether oxygens (including phenoxy) is 2. The Morgan fingerprint density at radius 3 is 2.60 bits per heavy atom. The van der Waals surface area contributed by atoms with Gasteiger partial charge in [-0.3, -0.25) is 4.79 Å². The van der Waals surface area contributed by atoms with Crippen molar-refractivity contribution < 1.29 is 18.7 Å². The van der Waals surface area contributed by atoms with Crippen molar-refractivity contribution in [3.63, 3.8) is 0 Å². The van der Waals surface area contributed by atoms with Crippen molar-refractivity contribution in [1.82, 2.24) is 15.3 Å². The Hall–Kier alpha value is -4.05. The predicted molar refractivity (Wildman–Crippen MR) is 136 cm³/mol. The Morgan fingerprint density at radius 1 is 1.17 bits per heavy atom. The van der Waals surface area contributed by atoms with Gasteiger partial charge in [0.1, 0.15) is 18.0 Å². The summed E-state index contributed by atoms with van der Waals surface area (Å²) in [5, 5.41) is 6.04. The zero-order valence-electron chi connectivity index (χ0n) is 19.2. The molecule has 1 aromatic heterocycles. The maximum atomic E-state index is 15.3. The molecule has 10 heteroatoms. The van der Waals surface area contributed by atoms with E-state index in [0.29, 0.717) is 40.2 Å². The summed E-state index contributed by atoms with van der Waals surface area (Å²) in [5.41, 5.74) is 6.20. The van der Waals surface area contributed by atoms with Crippen molar-refractivity contribution >= 4 is 45.6 Å². The minimum atomic E-state index is -0.728. The van der Waals surface area contributed by atoms with Crippen molar-refractivity contribution in [2.45, 2.75) is 18.3 Å². The molecule has 0 saturated heterocycles. The number of allylic oxidation sites excluding steroid dienone is 4. The molecule has 1 unspecified atom stereocenters. The number of nitrogens with one attached hydrogen (secondary N) is 2. The number of carbonyl (C=O) groups is 1. The molecule has 0 spiro atoms. The second kappa shape index (κ2) is 10.1. The molecular weight excluding hydrogens is 469 g/mol. The highest BCUT2D eigenvalue weighted by Gasteiger charge is 2.33. The Labute approximate surface area is 207 Å². The first-order valence-corrected chi connectivity index (χ1v) is 11.1. The van der Waals surface area contributed by atoms with Crippen molar-refractivity contribution in [2.75, 3.05) is 19.5 Å². The normalized spacial score (nSPS) is 16.7. The van der Waals surface area contributed by atoms with Crippen LogP contribution < -0.4 is 25.8 Å². The molecule has 4 rings (SSSR count). The van der Waals surface area contributed by atoms with Crippen LogP contribution in [-0.2, 0) is 10.2 Å². The molecule has 0 aliphatic heterocycles. The summed E-state index contributed by atoms with van der Waals surface area (Å²) < 4.78 is 26.1. The topological polar surface area (TPSA) is 111 Å². The number of methoxy groups -OCH3 is 2. The quantitative estimate of drug-likeness (QED) is 0.423. The second-order valence-electron chi connectivity index (χ2n) is 8.00. The Morgan fingerprint density at radius 2 is 1.94 bits per heavy atom. The minimum absolute atomic E-state index is 0.0651. The van der Waals surface area contributed by atoms with E-state index in [9.17, 15) is 4.79 Å². The van der Waals surface area contributed by atoms with Gasteiger partial charge in [-0.15, -0.1) is 0 Å². The number of thiocarbonyl (C=S) groups is 1. The molecule has 0 radical (unpaired) electrons. The molecule has 2 aromatic carbocycles. The average molecular weight is 494 g/mol. The SMILES string of the molecule is COc1cc2ncnc(Nc3ccc(C4(CC(=O)NC(N)=S)C=CC=CC4)cc3F)c2cc1OC. The highest BCUT2D eigenvalue weighted by Crippen LogP contribution is 2.39. The summed E-state index contributed by atoms with van der Waals surface area (Å²) in [5.74, 6) is 0.611. The zero-order valence-corrected chi connectivity index (χ0v) is 20.0. The summed E-state index contributed by atoms with van der Waals surface area (Å²) in [6, 6.07) is 8.30. The number of fused-ring (bicyclic) bond motifs is 1. The fourth-order valence-corrected chi connectivity index (χ4v) is 4.23. The standard InChI is InChI=1S/C25H24FN5O3S/c1-33-20-11-16-19(12-21(20)34-2)28-14-29-23(16)30-18-7-6-15(10-17(18)26)25(8-4-3-5-9-25)13-22(32)31-24(27)35/h3-8,10-12,14H,9,13H2,1-2H3,(H,28,29,30)(H3,27,31,32,35). The van der Waals surface area contributed by atoms with Crippen molar-refractivity contribution in [3.8, 4) is 11.5 Å². The van der Waals surface area contributed by atoms with Crippen LogP contribution in [0.2, 0.25) is 0 Å². The fraction of sp³-hybridized carbons (Fsp3) is 0.200. The zero-order chi connectivity index (χ0) is 25.0. The molecule has 180 valence electrons. The number of anilines is 2. The molecule has 1 aliphatic rings. The third-order valence-electron chi connectivity index (χ3n) is 5.82. The molecule has 0 fully saturated rings. The Balaban J connectivity index is 1.67. The molecule has 0 bridgehead atoms. The van der Waals surface area contributed by atoms with Gasteiger partial charge < -0.3 is 25.8 Å². The van der Waals surface area contributed by atoms with Crippen LogP contribution in [0.25, 0.3) is 10.9 Å². The number of aromatic nitrogens is 2. The molecule has 1 amide bonds. The van der Waals surface area contributed by atoms with E-state index < -0.39 is 11.2 Å². The van der Waals surface area contributed by atoms with Gasteiger partial charge in [0.15, 0.2) is 16.6 Å². The number of benzene rings is 2. The van der Waals surface area contributed by atoms with Crippen LogP contribution in [0.15, 0.2) is 61.0 Å². The summed E-state index contributed by atoms with van der Waals surface area (Å²) in [6.07, 6.45) is 9.54. The van der Waals surface area contributed by atoms with Gasteiger partial charge in [0.25, 0.3) is 0 Å². The van der Waals surface area contributed by atoms with Gasteiger partial charge in [-0.05, 0) is 42.4 Å². The maximum absolute atomic E-state index is 15.3. The van der Waals surface area contributed by atoms with E-state index in [4.69, 9.17) is 27.4 Å². The van der Waals surface area contributed by atoms with Crippen molar-refractivity contribution in [1.29, 1.82) is 0 Å². The van der Waals surface area contributed by atoms with Gasteiger partial charge in [-0.1, -0.05) is 30.4 Å². The molecule has 1 heterocycles. The van der Waals surface area contributed by atoms with Gasteiger partial charge >= 0.3 is 0 Å². The number of halogens is 1. The van der Waals surface area contributed by atoms with Gasteiger partial charge in [0, 0.05) is 23.3 Å². The maximum Gasteiger partial charge on any atom is 0.227 e. The first kappa shape index (κ1) is 24.1. The van der Waals surface area contributed by atoms with E-state index in [2.05, 4.69) is 20.6 Å². The van der Waals surface area contributed by atoms with Crippen LogP contribution in [0, 0.1) is 5.82 Å². The number of nitrogens with two attached hydrogens (primary N) is 1. The third-order valence-corrected chi connectivity index (χ3v) is 5.92. The number of carbonyl (C=O) groups excluding carboxylic acids is 1. The molecule has 3 aromatic rings. The van der Waals surface area contributed by atoms with Crippen LogP contribution in [-0.4, -0.2) is 35.2 Å². The lowest BCUT2D eigenvalue weighted by molar-refractivity contribution is -0.120. The third kappa shape index (κ3) is 5.07. The van der Waals surface area contributed by atoms with Crippen LogP contribution in [0.4, 0.5) is 15.9 Å². The molecule has 4 N–H and O–H groups in total. The summed E-state index contributed by atoms with van der Waals surface area (Å²) in [6.45, 7) is 0. The van der Waals surface area contributed by atoms with E-state index in [-0.39, 0.29) is 23.1 Å². The number of rotatable bonds is 7. The van der Waals surface area contributed by atoms with Gasteiger partial charge in [-0.2, -0.15) is 0 Å². The highest BCUT2D eigenvalue weighted by atomic mass is 32.1. The number of hydrogen-bond donors (Lipinski definition) is 3. The van der Waals surface area contributed by atoms with Crippen molar-refractivity contribution in [3.05, 3.63) is 72.3 Å². The first-order chi connectivity index (χ1) is 16.8. The van der Waals surface area contributed by atoms with E-state index >= 15 is 4.39 Å². The van der Waals surface area contributed by atoms with Crippen LogP contribution in [0.5, 0.6) is 11.5 Å². The minimum Gasteiger partial charge on any atom is -0.493 e. The van der Waals surface area contributed by atoms with Gasteiger partial charge in [-0.25, -0.2) is 14.4 Å². The number of amides is 1. The molecule has 35 heavy (non-hydrogen) atoms. The lowest BCUT2D eigenvalue weighted by Gasteiger charge is -2.31. The van der Waals surface area contributed by atoms with Crippen LogP contribution in [0.3, 0.4) is 0 Å². The summed E-state index contributed by atoms with van der Waals surface area (Å²) >= 11 is 4.78. The molecular formula is C25H24FN5O3S. The monoisotopic (exact) mass is 493 g/mol. The summed E-state index contributed by atoms with van der Waals surface area (Å²) in [4.78, 5) is 21.0. The largest absolute Gasteiger partial charge is 0.493 e. The lowest BCUT2D eigenvalue weighted by Crippen LogP contribution is -2.39. The Kier molecular flexibility index (Phi) is 6.92. The Bertz CT molecular complexity index is 1360. The fourth-order valence-electron chi connectivity index (χ4n) is 4.12. The molecule has 1 aliphatic carbocycles. The first-order valence-electron chi connectivity index (χ1n) is 10.7. The smallest absolute Gasteiger partial charge is 0.227 e. The molecule has 1 atom stereocenters. The van der Waals surface area contributed by atoms with Gasteiger partial charge in [0.2, 0.25) is 5.91 Å².